The van der Waals surface area contributed by atoms with Crippen molar-refractivity contribution in [3.8, 4) is 0 Å². The monoisotopic (exact) mass is 182 g/mol. The number of rotatable bonds is 2. The Balaban J connectivity index is 1.87. The molecule has 0 aromatic carbocycles. The van der Waals surface area contributed by atoms with E-state index in [0.717, 1.165) is 32.5 Å². The van der Waals surface area contributed by atoms with Gasteiger partial charge in [0, 0.05) is 12.6 Å². The van der Waals surface area contributed by atoms with Crippen LogP contribution in [0.3, 0.4) is 0 Å². The summed E-state index contributed by atoms with van der Waals surface area (Å²) in [6, 6.07) is 0.302. The molecule has 1 aliphatic rings. The molecule has 0 saturated carbocycles. The number of nitrogens with zero attached hydrogens (tertiary/aromatic N) is 3. The van der Waals surface area contributed by atoms with Gasteiger partial charge < -0.3 is 10.3 Å². The fourth-order valence-electron chi connectivity index (χ4n) is 1.69. The Labute approximate surface area is 76.9 Å². The zero-order chi connectivity index (χ0) is 9.10. The standard InChI is InChI=1S/C8H14N4O/c9-7-2-1-3-12(4-7)5-8-10-6-11-13-8/h6-7H,1-5,9H2. The number of nitrogens with two attached hydrogens (primary N) is 1. The van der Waals surface area contributed by atoms with Gasteiger partial charge in [0.1, 0.15) is 0 Å². The van der Waals surface area contributed by atoms with Crippen molar-refractivity contribution >= 4 is 0 Å². The minimum absolute atomic E-state index is 0.302. The van der Waals surface area contributed by atoms with E-state index in [1.165, 1.54) is 6.33 Å². The molecule has 1 fully saturated rings. The van der Waals surface area contributed by atoms with E-state index in [0.29, 0.717) is 11.9 Å². The van der Waals surface area contributed by atoms with Gasteiger partial charge >= 0.3 is 0 Å². The van der Waals surface area contributed by atoms with Crippen LogP contribution in [0.5, 0.6) is 0 Å². The first kappa shape index (κ1) is 8.65. The van der Waals surface area contributed by atoms with Crippen molar-refractivity contribution in [2.75, 3.05) is 13.1 Å². The average Bonchev–Trinajstić information content (AvgIpc) is 2.57. The van der Waals surface area contributed by atoms with Crippen LogP contribution in [0.25, 0.3) is 0 Å². The molecule has 2 N–H and O–H groups in total. The summed E-state index contributed by atoms with van der Waals surface area (Å²) in [6.45, 7) is 2.74. The maximum atomic E-state index is 5.85. The minimum atomic E-state index is 0.302. The molecular formula is C8H14N4O. The summed E-state index contributed by atoms with van der Waals surface area (Å²) in [5.41, 5.74) is 5.85. The average molecular weight is 182 g/mol. The summed E-state index contributed by atoms with van der Waals surface area (Å²) in [5, 5.41) is 3.56. The second kappa shape index (κ2) is 3.85. The third kappa shape index (κ3) is 2.26. The number of hydrogen-bond donors (Lipinski definition) is 1. The number of likely N-dealkylation sites (tertiary alicyclic amines) is 1. The van der Waals surface area contributed by atoms with Crippen molar-refractivity contribution < 1.29 is 4.52 Å². The van der Waals surface area contributed by atoms with Crippen molar-refractivity contribution in [2.45, 2.75) is 25.4 Å². The highest BCUT2D eigenvalue weighted by Gasteiger charge is 2.17. The zero-order valence-corrected chi connectivity index (χ0v) is 7.52. The van der Waals surface area contributed by atoms with E-state index in [9.17, 15) is 0 Å². The maximum absolute atomic E-state index is 5.85. The van der Waals surface area contributed by atoms with E-state index in [4.69, 9.17) is 10.3 Å². The molecule has 0 radical (unpaired) electrons. The molecule has 2 rings (SSSR count). The lowest BCUT2D eigenvalue weighted by atomic mass is 10.1. The van der Waals surface area contributed by atoms with Gasteiger partial charge in [0.2, 0.25) is 5.89 Å². The molecule has 5 nitrogen and oxygen atoms in total. The highest BCUT2D eigenvalue weighted by atomic mass is 16.5. The SMILES string of the molecule is NC1CCCN(Cc2ncno2)C1. The fraction of sp³-hybridized carbons (Fsp3) is 0.750. The molecule has 5 heteroatoms. The topological polar surface area (TPSA) is 68.2 Å². The maximum Gasteiger partial charge on any atom is 0.240 e. The van der Waals surface area contributed by atoms with Gasteiger partial charge in [-0.1, -0.05) is 5.16 Å². The summed E-state index contributed by atoms with van der Waals surface area (Å²) < 4.78 is 4.93. The van der Waals surface area contributed by atoms with E-state index in [-0.39, 0.29) is 0 Å². The van der Waals surface area contributed by atoms with Crippen LogP contribution in [-0.2, 0) is 6.54 Å². The molecule has 1 saturated heterocycles. The molecule has 1 atom stereocenters. The van der Waals surface area contributed by atoms with Crippen LogP contribution in [-0.4, -0.2) is 34.2 Å². The quantitative estimate of drug-likeness (QED) is 0.696. The highest BCUT2D eigenvalue weighted by Crippen LogP contribution is 2.10. The molecule has 1 aromatic heterocycles. The van der Waals surface area contributed by atoms with Crippen molar-refractivity contribution in [3.63, 3.8) is 0 Å². The van der Waals surface area contributed by atoms with Crippen LogP contribution in [0.4, 0.5) is 0 Å². The van der Waals surface area contributed by atoms with Gasteiger partial charge in [0.05, 0.1) is 6.54 Å². The predicted molar refractivity (Wildman–Crippen MR) is 46.8 cm³/mol. The Morgan fingerprint density at radius 3 is 3.31 bits per heavy atom. The summed E-state index contributed by atoms with van der Waals surface area (Å²) >= 11 is 0. The van der Waals surface area contributed by atoms with Crippen LogP contribution in [0.2, 0.25) is 0 Å². The van der Waals surface area contributed by atoms with Gasteiger partial charge in [0.25, 0.3) is 0 Å². The molecule has 13 heavy (non-hydrogen) atoms. The Hall–Kier alpha value is -0.940. The van der Waals surface area contributed by atoms with Gasteiger partial charge in [-0.15, -0.1) is 0 Å². The van der Waals surface area contributed by atoms with Gasteiger partial charge in [-0.3, -0.25) is 4.90 Å². The second-order valence-corrected chi connectivity index (χ2v) is 3.47. The Bertz CT molecular complexity index is 249. The molecule has 1 unspecified atom stereocenters. The first-order valence-corrected chi connectivity index (χ1v) is 4.58. The Kier molecular flexibility index (Phi) is 2.56. The summed E-state index contributed by atoms with van der Waals surface area (Å²) in [5.74, 6) is 0.675. The molecule has 1 aromatic rings. The van der Waals surface area contributed by atoms with E-state index >= 15 is 0 Å². The van der Waals surface area contributed by atoms with Crippen LogP contribution >= 0.6 is 0 Å². The molecule has 0 amide bonds. The molecule has 0 bridgehead atoms. The molecular weight excluding hydrogens is 168 g/mol. The van der Waals surface area contributed by atoms with Crippen LogP contribution < -0.4 is 5.73 Å². The Morgan fingerprint density at radius 2 is 2.62 bits per heavy atom. The lowest BCUT2D eigenvalue weighted by Gasteiger charge is -2.29. The van der Waals surface area contributed by atoms with Gasteiger partial charge in [-0.25, -0.2) is 0 Å². The highest BCUT2D eigenvalue weighted by molar-refractivity contribution is 4.80. The zero-order valence-electron chi connectivity index (χ0n) is 7.52. The molecule has 0 spiro atoms. The predicted octanol–water partition coefficient (Wildman–Crippen LogP) is -0.00730. The van der Waals surface area contributed by atoms with Gasteiger partial charge in [0.15, 0.2) is 6.33 Å². The van der Waals surface area contributed by atoms with E-state index in [1.54, 1.807) is 0 Å². The van der Waals surface area contributed by atoms with Gasteiger partial charge in [-0.05, 0) is 19.4 Å². The Morgan fingerprint density at radius 1 is 1.69 bits per heavy atom. The summed E-state index contributed by atoms with van der Waals surface area (Å²) in [7, 11) is 0. The molecule has 2 heterocycles. The van der Waals surface area contributed by atoms with E-state index in [2.05, 4.69) is 15.0 Å². The molecule has 72 valence electrons. The largest absolute Gasteiger partial charge is 0.338 e. The number of aromatic nitrogens is 2. The minimum Gasteiger partial charge on any atom is -0.338 e. The summed E-state index contributed by atoms with van der Waals surface area (Å²) in [6.07, 6.45) is 3.72. The molecule has 1 aliphatic heterocycles. The van der Waals surface area contributed by atoms with Gasteiger partial charge in [-0.2, -0.15) is 4.98 Å². The first-order chi connectivity index (χ1) is 6.34. The van der Waals surface area contributed by atoms with Crippen LogP contribution in [0, 0.1) is 0 Å². The number of hydrogen-bond acceptors (Lipinski definition) is 5. The van der Waals surface area contributed by atoms with Crippen molar-refractivity contribution in [2.24, 2.45) is 5.73 Å². The van der Waals surface area contributed by atoms with Crippen LogP contribution in [0.1, 0.15) is 18.7 Å². The van der Waals surface area contributed by atoms with Crippen molar-refractivity contribution in [1.29, 1.82) is 0 Å². The third-order valence-corrected chi connectivity index (χ3v) is 2.31. The molecule has 0 aliphatic carbocycles. The third-order valence-electron chi connectivity index (χ3n) is 2.31. The summed E-state index contributed by atoms with van der Waals surface area (Å²) in [4.78, 5) is 6.23. The normalized spacial score (nSPS) is 24.8. The lowest BCUT2D eigenvalue weighted by Crippen LogP contribution is -2.42. The second-order valence-electron chi connectivity index (χ2n) is 3.47. The van der Waals surface area contributed by atoms with E-state index in [1.807, 2.05) is 0 Å². The van der Waals surface area contributed by atoms with Crippen LogP contribution in [0.15, 0.2) is 10.9 Å². The van der Waals surface area contributed by atoms with Crippen molar-refractivity contribution in [3.05, 3.63) is 12.2 Å². The lowest BCUT2D eigenvalue weighted by molar-refractivity contribution is 0.178. The fourth-order valence-corrected chi connectivity index (χ4v) is 1.69. The smallest absolute Gasteiger partial charge is 0.240 e. The first-order valence-electron chi connectivity index (χ1n) is 4.58. The van der Waals surface area contributed by atoms with E-state index < -0.39 is 0 Å². The van der Waals surface area contributed by atoms with Crippen molar-refractivity contribution in [1.82, 2.24) is 15.0 Å². The number of piperidine rings is 1.